The molecule has 0 saturated carbocycles. The summed E-state index contributed by atoms with van der Waals surface area (Å²) in [6, 6.07) is 1.22. The molecule has 0 unspecified atom stereocenters. The fourth-order valence-corrected chi connectivity index (χ4v) is 0.761. The number of nitrogens with two attached hydrogens (primary N) is 1. The molecule has 5 nitrogen and oxygen atoms in total. The van der Waals surface area contributed by atoms with Crippen LogP contribution < -0.4 is 16.4 Å². The van der Waals surface area contributed by atoms with Crippen LogP contribution in [-0.2, 0) is 0 Å². The minimum absolute atomic E-state index is 0.421. The molecule has 1 heterocycles. The molecule has 0 aromatic carbocycles. The molecule has 10 heavy (non-hydrogen) atoms. The molecular formula is C4H5N3O2S. The Labute approximate surface area is 60.1 Å². The molecule has 0 aliphatic rings. The Morgan fingerprint density at radius 2 is 2.30 bits per heavy atom. The third-order valence-electron chi connectivity index (χ3n) is 0.905. The van der Waals surface area contributed by atoms with Crippen molar-refractivity contribution in [2.45, 2.75) is 0 Å². The first kappa shape index (κ1) is 7.10. The van der Waals surface area contributed by atoms with Crippen LogP contribution in [0.4, 0.5) is 0 Å². The SMILES string of the molecule is NSn1ccc(=O)[nH]c1=O. The van der Waals surface area contributed by atoms with Gasteiger partial charge in [-0.3, -0.25) is 14.9 Å². The quantitative estimate of drug-likeness (QED) is 0.510. The molecule has 1 aromatic heterocycles. The Balaban J connectivity index is 3.34. The molecule has 1 aromatic rings. The second-order valence-electron chi connectivity index (χ2n) is 1.54. The zero-order valence-corrected chi connectivity index (χ0v) is 5.72. The van der Waals surface area contributed by atoms with Gasteiger partial charge in [-0.1, -0.05) is 0 Å². The molecule has 0 radical (unpaired) electrons. The van der Waals surface area contributed by atoms with Crippen molar-refractivity contribution in [1.29, 1.82) is 0 Å². The Morgan fingerprint density at radius 1 is 1.60 bits per heavy atom. The molecule has 0 spiro atoms. The van der Waals surface area contributed by atoms with E-state index in [9.17, 15) is 9.59 Å². The topological polar surface area (TPSA) is 80.9 Å². The van der Waals surface area contributed by atoms with E-state index in [0.29, 0.717) is 0 Å². The average molecular weight is 159 g/mol. The third-order valence-corrected chi connectivity index (χ3v) is 1.42. The lowest BCUT2D eigenvalue weighted by Crippen LogP contribution is -2.26. The average Bonchev–Trinajstić information content (AvgIpc) is 1.88. The predicted molar refractivity (Wildman–Crippen MR) is 38.5 cm³/mol. The van der Waals surface area contributed by atoms with E-state index >= 15 is 0 Å². The van der Waals surface area contributed by atoms with E-state index in [0.717, 1.165) is 16.1 Å². The van der Waals surface area contributed by atoms with Gasteiger partial charge in [0, 0.05) is 24.4 Å². The smallest absolute Gasteiger partial charge is 0.273 e. The molecule has 54 valence electrons. The van der Waals surface area contributed by atoms with Crippen molar-refractivity contribution in [2.24, 2.45) is 5.14 Å². The maximum atomic E-state index is 10.7. The molecule has 0 bridgehead atoms. The first-order chi connectivity index (χ1) is 4.74. The van der Waals surface area contributed by atoms with Crippen molar-refractivity contribution in [2.75, 3.05) is 0 Å². The van der Waals surface area contributed by atoms with E-state index in [4.69, 9.17) is 5.14 Å². The predicted octanol–water partition coefficient (Wildman–Crippen LogP) is -1.09. The van der Waals surface area contributed by atoms with Crippen LogP contribution in [0.25, 0.3) is 0 Å². The van der Waals surface area contributed by atoms with Gasteiger partial charge in [-0.15, -0.1) is 0 Å². The zero-order chi connectivity index (χ0) is 7.56. The lowest BCUT2D eigenvalue weighted by molar-refractivity contribution is 0.989. The molecule has 0 atom stereocenters. The molecule has 0 saturated heterocycles. The summed E-state index contributed by atoms with van der Waals surface area (Å²) in [5.74, 6) is 0. The summed E-state index contributed by atoms with van der Waals surface area (Å²) in [6.07, 6.45) is 1.31. The number of aromatic amines is 1. The number of rotatable bonds is 1. The van der Waals surface area contributed by atoms with Crippen molar-refractivity contribution in [1.82, 2.24) is 8.96 Å². The summed E-state index contributed by atoms with van der Waals surface area (Å²) >= 11 is 0.738. The van der Waals surface area contributed by atoms with Gasteiger partial charge in [-0.2, -0.15) is 0 Å². The number of nitrogens with zero attached hydrogens (tertiary/aromatic N) is 1. The number of H-pyrrole nitrogens is 1. The van der Waals surface area contributed by atoms with Crippen LogP contribution >= 0.6 is 12.1 Å². The van der Waals surface area contributed by atoms with E-state index in [2.05, 4.69) is 0 Å². The van der Waals surface area contributed by atoms with Crippen molar-refractivity contribution in [3.05, 3.63) is 33.1 Å². The molecule has 0 fully saturated rings. The molecular weight excluding hydrogens is 154 g/mol. The van der Waals surface area contributed by atoms with Crippen LogP contribution in [0, 0.1) is 0 Å². The van der Waals surface area contributed by atoms with Crippen molar-refractivity contribution >= 4 is 12.1 Å². The molecule has 0 aliphatic carbocycles. The largest absolute Gasteiger partial charge is 0.339 e. The van der Waals surface area contributed by atoms with E-state index in [1.165, 1.54) is 12.3 Å². The lowest BCUT2D eigenvalue weighted by atomic mass is 10.7. The van der Waals surface area contributed by atoms with Crippen LogP contribution in [0.2, 0.25) is 0 Å². The maximum absolute atomic E-state index is 10.7. The number of hydrogen-bond donors (Lipinski definition) is 2. The summed E-state index contributed by atoms with van der Waals surface area (Å²) in [6.45, 7) is 0. The van der Waals surface area contributed by atoms with Crippen LogP contribution in [-0.4, -0.2) is 8.96 Å². The zero-order valence-electron chi connectivity index (χ0n) is 4.90. The van der Waals surface area contributed by atoms with Gasteiger partial charge < -0.3 is 0 Å². The van der Waals surface area contributed by atoms with Gasteiger partial charge in [-0.25, -0.2) is 8.77 Å². The Kier molecular flexibility index (Phi) is 1.93. The normalized spacial score (nSPS) is 9.70. The minimum Gasteiger partial charge on any atom is -0.273 e. The standard InChI is InChI=1S/C4H5N3O2S/c5-10-7-2-1-3(8)6-4(7)9/h1-2H,5H2,(H,6,8,9). The second kappa shape index (κ2) is 2.72. The van der Waals surface area contributed by atoms with Gasteiger partial charge in [0.05, 0.1) is 0 Å². The number of aromatic nitrogens is 2. The number of nitrogens with one attached hydrogen (secondary N) is 1. The highest BCUT2D eigenvalue weighted by molar-refractivity contribution is 7.95. The van der Waals surface area contributed by atoms with Gasteiger partial charge >= 0.3 is 5.69 Å². The van der Waals surface area contributed by atoms with Gasteiger partial charge in [0.25, 0.3) is 5.56 Å². The highest BCUT2D eigenvalue weighted by Crippen LogP contribution is 1.83. The molecule has 3 N–H and O–H groups in total. The number of hydrogen-bond acceptors (Lipinski definition) is 4. The van der Waals surface area contributed by atoms with Gasteiger partial charge in [0.15, 0.2) is 0 Å². The van der Waals surface area contributed by atoms with Crippen LogP contribution in [0.3, 0.4) is 0 Å². The highest BCUT2D eigenvalue weighted by atomic mass is 32.2. The summed E-state index contributed by atoms with van der Waals surface area (Å²) in [5.41, 5.74) is -0.935. The van der Waals surface area contributed by atoms with E-state index in [1.807, 2.05) is 4.98 Å². The fourth-order valence-electron chi connectivity index (χ4n) is 0.488. The molecule has 1 rings (SSSR count). The van der Waals surface area contributed by atoms with Crippen LogP contribution in [0.5, 0.6) is 0 Å². The summed E-state index contributed by atoms with van der Waals surface area (Å²) in [7, 11) is 0. The first-order valence-corrected chi connectivity index (χ1v) is 3.27. The Morgan fingerprint density at radius 3 is 2.80 bits per heavy atom. The first-order valence-electron chi connectivity index (χ1n) is 2.43. The monoisotopic (exact) mass is 159 g/mol. The highest BCUT2D eigenvalue weighted by Gasteiger charge is 1.91. The van der Waals surface area contributed by atoms with Crippen LogP contribution in [0.15, 0.2) is 21.9 Å². The Hall–Kier alpha value is -1.01. The minimum atomic E-state index is -0.514. The third kappa shape index (κ3) is 1.28. The molecule has 0 aliphatic heterocycles. The summed E-state index contributed by atoms with van der Waals surface area (Å²) < 4.78 is 1.11. The summed E-state index contributed by atoms with van der Waals surface area (Å²) in [4.78, 5) is 23.2. The second-order valence-corrected chi connectivity index (χ2v) is 2.15. The fraction of sp³-hybridized carbons (Fsp3) is 0. The van der Waals surface area contributed by atoms with Gasteiger partial charge in [0.2, 0.25) is 0 Å². The molecule has 6 heteroatoms. The van der Waals surface area contributed by atoms with E-state index < -0.39 is 11.2 Å². The van der Waals surface area contributed by atoms with E-state index in [-0.39, 0.29) is 0 Å². The summed E-state index contributed by atoms with van der Waals surface area (Å²) in [5, 5.41) is 5.06. The molecule has 0 amide bonds. The van der Waals surface area contributed by atoms with Crippen molar-refractivity contribution < 1.29 is 0 Å². The maximum Gasteiger partial charge on any atom is 0.339 e. The van der Waals surface area contributed by atoms with Crippen molar-refractivity contribution in [3.8, 4) is 0 Å². The van der Waals surface area contributed by atoms with E-state index in [1.54, 1.807) is 0 Å². The van der Waals surface area contributed by atoms with Gasteiger partial charge in [-0.05, 0) is 0 Å². The van der Waals surface area contributed by atoms with Crippen LogP contribution in [0.1, 0.15) is 0 Å². The van der Waals surface area contributed by atoms with Crippen molar-refractivity contribution in [3.63, 3.8) is 0 Å². The van der Waals surface area contributed by atoms with Gasteiger partial charge in [0.1, 0.15) is 0 Å². The Bertz CT molecular complexity index is 328. The lowest BCUT2D eigenvalue weighted by Gasteiger charge is -1.93.